The standard InChI is InChI=1S/C17H18N4O/c22-17(18-10-9-14-6-2-1-3-7-14)19-13-15-12-16-8-4-5-11-21(16)20-15/h1-8,11-12H,9-10,13H2,(H2,18,19,22). The van der Waals surface area contributed by atoms with E-state index in [1.807, 2.05) is 48.7 Å². The molecule has 0 aliphatic carbocycles. The van der Waals surface area contributed by atoms with Crippen molar-refractivity contribution in [2.45, 2.75) is 13.0 Å². The van der Waals surface area contributed by atoms with Crippen LogP contribution in [0.3, 0.4) is 0 Å². The van der Waals surface area contributed by atoms with Crippen LogP contribution in [0.2, 0.25) is 0 Å². The number of urea groups is 1. The molecule has 0 aliphatic rings. The summed E-state index contributed by atoms with van der Waals surface area (Å²) in [4.78, 5) is 11.8. The van der Waals surface area contributed by atoms with Crippen LogP contribution in [0.5, 0.6) is 0 Å². The molecular weight excluding hydrogens is 276 g/mol. The second-order valence-corrected chi connectivity index (χ2v) is 5.05. The van der Waals surface area contributed by atoms with Gasteiger partial charge in [-0.3, -0.25) is 0 Å². The van der Waals surface area contributed by atoms with Crippen LogP contribution in [0, 0.1) is 0 Å². The van der Waals surface area contributed by atoms with Crippen molar-refractivity contribution in [2.75, 3.05) is 6.54 Å². The van der Waals surface area contributed by atoms with Gasteiger partial charge in [-0.05, 0) is 30.2 Å². The Morgan fingerprint density at radius 1 is 1.05 bits per heavy atom. The van der Waals surface area contributed by atoms with E-state index in [0.717, 1.165) is 17.6 Å². The molecule has 0 saturated heterocycles. The Balaban J connectivity index is 1.44. The topological polar surface area (TPSA) is 58.4 Å². The lowest BCUT2D eigenvalue weighted by Crippen LogP contribution is -2.36. The first kappa shape index (κ1) is 14.1. The van der Waals surface area contributed by atoms with Crippen molar-refractivity contribution in [1.82, 2.24) is 20.2 Å². The monoisotopic (exact) mass is 294 g/mol. The van der Waals surface area contributed by atoms with E-state index < -0.39 is 0 Å². The average Bonchev–Trinajstić information content (AvgIpc) is 2.97. The van der Waals surface area contributed by atoms with Crippen LogP contribution in [0.4, 0.5) is 4.79 Å². The van der Waals surface area contributed by atoms with Crippen molar-refractivity contribution < 1.29 is 4.79 Å². The van der Waals surface area contributed by atoms with E-state index in [4.69, 9.17) is 0 Å². The highest BCUT2D eigenvalue weighted by Crippen LogP contribution is 2.05. The molecule has 3 aromatic rings. The molecule has 2 amide bonds. The number of benzene rings is 1. The summed E-state index contributed by atoms with van der Waals surface area (Å²) in [6.45, 7) is 1.03. The molecule has 0 atom stereocenters. The summed E-state index contributed by atoms with van der Waals surface area (Å²) in [5, 5.41) is 10.1. The Morgan fingerprint density at radius 2 is 1.86 bits per heavy atom. The zero-order valence-corrected chi connectivity index (χ0v) is 12.2. The van der Waals surface area contributed by atoms with Gasteiger partial charge >= 0.3 is 6.03 Å². The van der Waals surface area contributed by atoms with Gasteiger partial charge in [0, 0.05) is 12.7 Å². The lowest BCUT2D eigenvalue weighted by Gasteiger charge is -2.06. The van der Waals surface area contributed by atoms with E-state index in [-0.39, 0.29) is 6.03 Å². The van der Waals surface area contributed by atoms with Crippen LogP contribution in [0.15, 0.2) is 60.8 Å². The molecule has 0 unspecified atom stereocenters. The van der Waals surface area contributed by atoms with Crippen molar-refractivity contribution in [2.24, 2.45) is 0 Å². The summed E-state index contributed by atoms with van der Waals surface area (Å²) in [6.07, 6.45) is 2.71. The Hall–Kier alpha value is -2.82. The third-order valence-electron chi connectivity index (χ3n) is 3.39. The van der Waals surface area contributed by atoms with Gasteiger partial charge in [0.25, 0.3) is 0 Å². The second kappa shape index (κ2) is 6.76. The number of pyridine rings is 1. The van der Waals surface area contributed by atoms with Gasteiger partial charge in [-0.1, -0.05) is 36.4 Å². The predicted octanol–water partition coefficient (Wildman–Crippen LogP) is 2.38. The number of aromatic nitrogens is 2. The maximum absolute atomic E-state index is 11.8. The minimum atomic E-state index is -0.173. The van der Waals surface area contributed by atoms with Gasteiger partial charge in [-0.2, -0.15) is 5.10 Å². The molecule has 112 valence electrons. The van der Waals surface area contributed by atoms with E-state index in [1.54, 1.807) is 4.52 Å². The number of fused-ring (bicyclic) bond motifs is 1. The van der Waals surface area contributed by atoms with Crippen molar-refractivity contribution in [3.63, 3.8) is 0 Å². The molecule has 0 radical (unpaired) electrons. The Morgan fingerprint density at radius 3 is 2.68 bits per heavy atom. The number of hydrogen-bond acceptors (Lipinski definition) is 2. The third-order valence-corrected chi connectivity index (χ3v) is 3.39. The molecule has 5 nitrogen and oxygen atoms in total. The highest BCUT2D eigenvalue weighted by Gasteiger charge is 2.03. The van der Waals surface area contributed by atoms with Crippen LogP contribution in [0.1, 0.15) is 11.3 Å². The minimum absolute atomic E-state index is 0.173. The Kier molecular flexibility index (Phi) is 4.34. The number of amides is 2. The Labute approximate surface area is 129 Å². The van der Waals surface area contributed by atoms with E-state index in [2.05, 4.69) is 27.9 Å². The maximum Gasteiger partial charge on any atom is 0.315 e. The lowest BCUT2D eigenvalue weighted by atomic mass is 10.1. The molecule has 3 rings (SSSR count). The summed E-state index contributed by atoms with van der Waals surface area (Å²) in [5.74, 6) is 0. The van der Waals surface area contributed by atoms with Crippen molar-refractivity contribution in [1.29, 1.82) is 0 Å². The Bertz CT molecular complexity index is 718. The molecule has 5 heteroatoms. The third kappa shape index (κ3) is 3.63. The van der Waals surface area contributed by atoms with E-state index in [9.17, 15) is 4.79 Å². The molecular formula is C17H18N4O. The first-order valence-corrected chi connectivity index (χ1v) is 7.30. The summed E-state index contributed by atoms with van der Waals surface area (Å²) in [7, 11) is 0. The smallest absolute Gasteiger partial charge is 0.315 e. The summed E-state index contributed by atoms with van der Waals surface area (Å²) < 4.78 is 1.80. The van der Waals surface area contributed by atoms with Crippen molar-refractivity contribution in [3.8, 4) is 0 Å². The maximum atomic E-state index is 11.8. The lowest BCUT2D eigenvalue weighted by molar-refractivity contribution is 0.240. The van der Waals surface area contributed by atoms with Crippen LogP contribution in [-0.4, -0.2) is 22.2 Å². The molecule has 0 spiro atoms. The quantitative estimate of drug-likeness (QED) is 0.759. The first-order chi connectivity index (χ1) is 10.8. The van der Waals surface area contributed by atoms with Crippen LogP contribution in [0.25, 0.3) is 5.52 Å². The van der Waals surface area contributed by atoms with Gasteiger partial charge in [0.1, 0.15) is 0 Å². The highest BCUT2D eigenvalue weighted by molar-refractivity contribution is 5.73. The number of carbonyl (C=O) groups excluding carboxylic acids is 1. The normalized spacial score (nSPS) is 10.5. The number of rotatable bonds is 5. The van der Waals surface area contributed by atoms with Crippen molar-refractivity contribution >= 4 is 11.5 Å². The minimum Gasteiger partial charge on any atom is -0.338 e. The zero-order valence-electron chi connectivity index (χ0n) is 12.2. The molecule has 2 heterocycles. The van der Waals surface area contributed by atoms with Gasteiger partial charge < -0.3 is 10.6 Å². The molecule has 2 N–H and O–H groups in total. The van der Waals surface area contributed by atoms with Gasteiger partial charge in [0.15, 0.2) is 0 Å². The molecule has 2 aromatic heterocycles. The first-order valence-electron chi connectivity index (χ1n) is 7.30. The molecule has 0 saturated carbocycles. The van der Waals surface area contributed by atoms with Gasteiger partial charge in [-0.15, -0.1) is 0 Å². The molecule has 0 aliphatic heterocycles. The highest BCUT2D eigenvalue weighted by atomic mass is 16.2. The molecule has 1 aromatic carbocycles. The largest absolute Gasteiger partial charge is 0.338 e. The molecule has 0 bridgehead atoms. The van der Waals surface area contributed by atoms with Gasteiger partial charge in [-0.25, -0.2) is 9.31 Å². The number of hydrogen-bond donors (Lipinski definition) is 2. The fourth-order valence-electron chi connectivity index (χ4n) is 2.28. The van der Waals surface area contributed by atoms with Crippen molar-refractivity contribution in [3.05, 3.63) is 72.1 Å². The van der Waals surface area contributed by atoms with Crippen LogP contribution >= 0.6 is 0 Å². The van der Waals surface area contributed by atoms with E-state index >= 15 is 0 Å². The summed E-state index contributed by atoms with van der Waals surface area (Å²) in [6, 6.07) is 17.7. The van der Waals surface area contributed by atoms with E-state index in [1.165, 1.54) is 5.56 Å². The van der Waals surface area contributed by atoms with Gasteiger partial charge in [0.05, 0.1) is 17.8 Å². The fourth-order valence-corrected chi connectivity index (χ4v) is 2.28. The number of carbonyl (C=O) groups is 1. The molecule has 22 heavy (non-hydrogen) atoms. The summed E-state index contributed by atoms with van der Waals surface area (Å²) >= 11 is 0. The number of nitrogens with one attached hydrogen (secondary N) is 2. The van der Waals surface area contributed by atoms with Gasteiger partial charge in [0.2, 0.25) is 0 Å². The molecule has 0 fully saturated rings. The van der Waals surface area contributed by atoms with Crippen LogP contribution in [-0.2, 0) is 13.0 Å². The second-order valence-electron chi connectivity index (χ2n) is 5.05. The zero-order chi connectivity index (χ0) is 15.2. The fraction of sp³-hybridized carbons (Fsp3) is 0.176. The summed E-state index contributed by atoms with van der Waals surface area (Å²) in [5.41, 5.74) is 3.07. The predicted molar refractivity (Wildman–Crippen MR) is 85.6 cm³/mol. The van der Waals surface area contributed by atoms with E-state index in [0.29, 0.717) is 13.1 Å². The average molecular weight is 294 g/mol. The number of nitrogens with zero attached hydrogens (tertiary/aromatic N) is 2. The SMILES string of the molecule is O=C(NCCc1ccccc1)NCc1cc2ccccn2n1. The van der Waals surface area contributed by atoms with Crippen LogP contribution < -0.4 is 10.6 Å².